The molecule has 22 heavy (non-hydrogen) atoms. The minimum atomic E-state index is 0.285. The number of hydrogen-bond acceptors (Lipinski definition) is 4. The number of anilines is 1. The molecular weight excluding hydrogens is 290 g/mol. The SMILES string of the molecule is Cc1ccc(-c2c(C)c(-c3ccccc3)nc(N)c2C#N)s1. The first-order valence-corrected chi connectivity index (χ1v) is 7.76. The Hall–Kier alpha value is -2.64. The van der Waals surface area contributed by atoms with Crippen LogP contribution in [0.1, 0.15) is 16.0 Å². The van der Waals surface area contributed by atoms with Crippen molar-refractivity contribution in [2.75, 3.05) is 5.73 Å². The lowest BCUT2D eigenvalue weighted by Crippen LogP contribution is -2.02. The third kappa shape index (κ3) is 2.36. The summed E-state index contributed by atoms with van der Waals surface area (Å²) in [6.07, 6.45) is 0. The largest absolute Gasteiger partial charge is 0.383 e. The molecular formula is C18H15N3S. The quantitative estimate of drug-likeness (QED) is 0.755. The van der Waals surface area contributed by atoms with E-state index in [-0.39, 0.29) is 5.82 Å². The van der Waals surface area contributed by atoms with E-state index < -0.39 is 0 Å². The third-order valence-electron chi connectivity index (χ3n) is 3.61. The van der Waals surface area contributed by atoms with E-state index >= 15 is 0 Å². The summed E-state index contributed by atoms with van der Waals surface area (Å²) in [4.78, 5) is 6.72. The maximum atomic E-state index is 9.49. The molecule has 1 aromatic carbocycles. The number of pyridine rings is 1. The Kier molecular flexibility index (Phi) is 3.66. The van der Waals surface area contributed by atoms with E-state index in [1.807, 2.05) is 43.3 Å². The zero-order valence-corrected chi connectivity index (χ0v) is 13.2. The zero-order valence-electron chi connectivity index (χ0n) is 12.4. The molecule has 2 N–H and O–H groups in total. The molecule has 0 bridgehead atoms. The zero-order chi connectivity index (χ0) is 15.7. The van der Waals surface area contributed by atoms with Gasteiger partial charge in [-0.3, -0.25) is 0 Å². The van der Waals surface area contributed by atoms with E-state index in [4.69, 9.17) is 5.73 Å². The van der Waals surface area contributed by atoms with Gasteiger partial charge in [-0.05, 0) is 31.5 Å². The minimum Gasteiger partial charge on any atom is -0.383 e. The van der Waals surface area contributed by atoms with E-state index in [0.29, 0.717) is 5.56 Å². The highest BCUT2D eigenvalue weighted by atomic mass is 32.1. The van der Waals surface area contributed by atoms with Crippen molar-refractivity contribution in [1.82, 2.24) is 4.98 Å². The maximum absolute atomic E-state index is 9.49. The monoisotopic (exact) mass is 305 g/mol. The molecule has 0 spiro atoms. The van der Waals surface area contributed by atoms with Crippen molar-refractivity contribution in [3.8, 4) is 27.8 Å². The Morgan fingerprint density at radius 2 is 1.82 bits per heavy atom. The molecule has 0 saturated carbocycles. The van der Waals surface area contributed by atoms with Crippen LogP contribution in [0.15, 0.2) is 42.5 Å². The van der Waals surface area contributed by atoms with Gasteiger partial charge in [0.2, 0.25) is 0 Å². The van der Waals surface area contributed by atoms with Gasteiger partial charge in [0.25, 0.3) is 0 Å². The second kappa shape index (κ2) is 5.63. The predicted molar refractivity (Wildman–Crippen MR) is 91.6 cm³/mol. The van der Waals surface area contributed by atoms with Crippen LogP contribution in [0.2, 0.25) is 0 Å². The van der Waals surface area contributed by atoms with Gasteiger partial charge in [0.1, 0.15) is 17.5 Å². The molecule has 0 atom stereocenters. The number of aromatic nitrogens is 1. The van der Waals surface area contributed by atoms with Gasteiger partial charge in [0.15, 0.2) is 0 Å². The molecule has 0 saturated heterocycles. The summed E-state index contributed by atoms with van der Waals surface area (Å²) < 4.78 is 0. The molecule has 3 rings (SSSR count). The van der Waals surface area contributed by atoms with Gasteiger partial charge in [0, 0.05) is 20.9 Å². The average Bonchev–Trinajstić information content (AvgIpc) is 2.95. The van der Waals surface area contributed by atoms with Crippen LogP contribution < -0.4 is 5.73 Å². The van der Waals surface area contributed by atoms with Crippen molar-refractivity contribution >= 4 is 17.2 Å². The lowest BCUT2D eigenvalue weighted by atomic mass is 9.97. The van der Waals surface area contributed by atoms with Crippen LogP contribution in [0.4, 0.5) is 5.82 Å². The standard InChI is InChI=1S/C18H15N3S/c1-11-8-9-15(22-11)16-12(2)17(13-6-4-3-5-7-13)21-18(20)14(16)10-19/h3-9H,1-2H3,(H2,20,21). The number of thiophene rings is 1. The number of rotatable bonds is 2. The number of hydrogen-bond donors (Lipinski definition) is 1. The molecule has 0 radical (unpaired) electrons. The molecule has 108 valence electrons. The summed E-state index contributed by atoms with van der Waals surface area (Å²) in [6, 6.07) is 16.2. The van der Waals surface area contributed by atoms with Crippen LogP contribution in [0, 0.1) is 25.2 Å². The summed E-state index contributed by atoms with van der Waals surface area (Å²) in [7, 11) is 0. The summed E-state index contributed by atoms with van der Waals surface area (Å²) in [5.41, 5.74) is 10.2. The van der Waals surface area contributed by atoms with Crippen molar-refractivity contribution in [1.29, 1.82) is 5.26 Å². The van der Waals surface area contributed by atoms with Gasteiger partial charge in [-0.25, -0.2) is 4.98 Å². The first-order chi connectivity index (χ1) is 10.6. The number of aryl methyl sites for hydroxylation is 1. The van der Waals surface area contributed by atoms with Crippen molar-refractivity contribution in [3.63, 3.8) is 0 Å². The predicted octanol–water partition coefficient (Wildman–Crippen LogP) is 4.55. The smallest absolute Gasteiger partial charge is 0.142 e. The van der Waals surface area contributed by atoms with Crippen LogP contribution in [0.3, 0.4) is 0 Å². The molecule has 2 heterocycles. The number of nitrogens with two attached hydrogens (primary N) is 1. The fourth-order valence-electron chi connectivity index (χ4n) is 2.56. The lowest BCUT2D eigenvalue weighted by Gasteiger charge is -2.13. The molecule has 3 nitrogen and oxygen atoms in total. The first-order valence-electron chi connectivity index (χ1n) is 6.94. The Morgan fingerprint density at radius 3 is 2.41 bits per heavy atom. The number of benzene rings is 1. The molecule has 2 aromatic heterocycles. The number of nitrogen functional groups attached to an aromatic ring is 1. The number of nitrogens with zero attached hydrogens (tertiary/aromatic N) is 2. The third-order valence-corrected chi connectivity index (χ3v) is 4.63. The fraction of sp³-hybridized carbons (Fsp3) is 0.111. The van der Waals surface area contributed by atoms with Crippen LogP contribution in [0.25, 0.3) is 21.7 Å². The van der Waals surface area contributed by atoms with Crippen molar-refractivity contribution < 1.29 is 0 Å². The molecule has 0 unspecified atom stereocenters. The topological polar surface area (TPSA) is 62.7 Å². The van der Waals surface area contributed by atoms with Gasteiger partial charge in [-0.15, -0.1) is 11.3 Å². The highest BCUT2D eigenvalue weighted by Gasteiger charge is 2.19. The van der Waals surface area contributed by atoms with Gasteiger partial charge in [-0.1, -0.05) is 30.3 Å². The lowest BCUT2D eigenvalue weighted by molar-refractivity contribution is 1.26. The normalized spacial score (nSPS) is 10.4. The average molecular weight is 305 g/mol. The van der Waals surface area contributed by atoms with E-state index in [0.717, 1.165) is 27.3 Å². The van der Waals surface area contributed by atoms with E-state index in [9.17, 15) is 5.26 Å². The highest BCUT2D eigenvalue weighted by Crippen LogP contribution is 2.38. The van der Waals surface area contributed by atoms with Gasteiger partial charge >= 0.3 is 0 Å². The number of nitriles is 1. The van der Waals surface area contributed by atoms with E-state index in [2.05, 4.69) is 24.0 Å². The summed E-state index contributed by atoms with van der Waals surface area (Å²) in [5, 5.41) is 9.49. The Labute approximate surface area is 133 Å². The highest BCUT2D eigenvalue weighted by molar-refractivity contribution is 7.15. The van der Waals surface area contributed by atoms with Gasteiger partial charge in [-0.2, -0.15) is 5.26 Å². The van der Waals surface area contributed by atoms with Crippen molar-refractivity contribution in [2.45, 2.75) is 13.8 Å². The Morgan fingerprint density at radius 1 is 1.09 bits per heavy atom. The molecule has 0 aliphatic rings. The maximum Gasteiger partial charge on any atom is 0.142 e. The van der Waals surface area contributed by atoms with Gasteiger partial charge < -0.3 is 5.73 Å². The van der Waals surface area contributed by atoms with Crippen molar-refractivity contribution in [3.05, 3.63) is 58.5 Å². The van der Waals surface area contributed by atoms with E-state index in [1.54, 1.807) is 11.3 Å². The van der Waals surface area contributed by atoms with Crippen LogP contribution in [-0.4, -0.2) is 4.98 Å². The summed E-state index contributed by atoms with van der Waals surface area (Å²) in [6.45, 7) is 4.05. The molecule has 0 aliphatic carbocycles. The molecule has 0 amide bonds. The van der Waals surface area contributed by atoms with E-state index in [1.165, 1.54) is 4.88 Å². The van der Waals surface area contributed by atoms with Crippen LogP contribution in [0.5, 0.6) is 0 Å². The Bertz CT molecular complexity index is 873. The van der Waals surface area contributed by atoms with Crippen molar-refractivity contribution in [2.24, 2.45) is 0 Å². The van der Waals surface area contributed by atoms with Crippen LogP contribution in [-0.2, 0) is 0 Å². The fourth-order valence-corrected chi connectivity index (χ4v) is 3.54. The summed E-state index contributed by atoms with van der Waals surface area (Å²) >= 11 is 1.66. The second-order valence-electron chi connectivity index (χ2n) is 5.11. The minimum absolute atomic E-state index is 0.285. The van der Waals surface area contributed by atoms with Gasteiger partial charge in [0.05, 0.1) is 5.69 Å². The molecule has 4 heteroatoms. The summed E-state index contributed by atoms with van der Waals surface area (Å²) in [5.74, 6) is 0.285. The molecule has 0 aliphatic heterocycles. The molecule has 3 aromatic rings. The molecule has 0 fully saturated rings. The second-order valence-corrected chi connectivity index (χ2v) is 6.40. The first kappa shape index (κ1) is 14.3. The Balaban J connectivity index is 2.33. The van der Waals surface area contributed by atoms with Crippen LogP contribution >= 0.6 is 11.3 Å².